The van der Waals surface area contributed by atoms with E-state index in [1.807, 2.05) is 0 Å². The second-order valence-corrected chi connectivity index (χ2v) is 5.00. The van der Waals surface area contributed by atoms with Gasteiger partial charge in [0.05, 0.1) is 12.7 Å². The molecule has 1 N–H and O–H groups in total. The molecule has 0 bridgehead atoms. The van der Waals surface area contributed by atoms with Crippen molar-refractivity contribution in [2.45, 2.75) is 46.3 Å². The Morgan fingerprint density at radius 3 is 2.79 bits per heavy atom. The lowest BCUT2D eigenvalue weighted by molar-refractivity contribution is 0.197. The number of hydrogen-bond acceptors (Lipinski definition) is 3. The molecule has 1 unspecified atom stereocenters. The molecule has 0 aliphatic heterocycles. The fourth-order valence-electron chi connectivity index (χ4n) is 2.04. The SMILES string of the molecule is CCCC(C)Oc1ccc(C)cc1CNCCOC. The summed E-state index contributed by atoms with van der Waals surface area (Å²) < 4.78 is 11.1. The lowest BCUT2D eigenvalue weighted by atomic mass is 10.1. The topological polar surface area (TPSA) is 30.5 Å². The van der Waals surface area contributed by atoms with E-state index in [0.717, 1.165) is 38.3 Å². The van der Waals surface area contributed by atoms with Gasteiger partial charge in [0.1, 0.15) is 5.75 Å². The second-order valence-electron chi connectivity index (χ2n) is 5.00. The van der Waals surface area contributed by atoms with Crippen molar-refractivity contribution in [2.75, 3.05) is 20.3 Å². The summed E-state index contributed by atoms with van der Waals surface area (Å²) in [6.45, 7) is 8.83. The Bertz CT molecular complexity index is 366. The molecule has 0 spiro atoms. The monoisotopic (exact) mass is 265 g/mol. The molecule has 0 amide bonds. The van der Waals surface area contributed by atoms with E-state index in [1.54, 1.807) is 7.11 Å². The van der Waals surface area contributed by atoms with Gasteiger partial charge in [-0.1, -0.05) is 31.0 Å². The van der Waals surface area contributed by atoms with Crippen LogP contribution in [0.2, 0.25) is 0 Å². The summed E-state index contributed by atoms with van der Waals surface area (Å²) in [6.07, 6.45) is 2.50. The Labute approximate surface area is 117 Å². The lowest BCUT2D eigenvalue weighted by Gasteiger charge is -2.18. The minimum absolute atomic E-state index is 0.269. The maximum atomic E-state index is 6.03. The zero-order valence-electron chi connectivity index (χ0n) is 12.7. The molecule has 3 heteroatoms. The molecule has 0 aliphatic rings. The molecule has 0 radical (unpaired) electrons. The summed E-state index contributed by atoms with van der Waals surface area (Å²) in [7, 11) is 1.72. The average molecular weight is 265 g/mol. The Morgan fingerprint density at radius 2 is 2.11 bits per heavy atom. The molecule has 1 rings (SSSR count). The fourth-order valence-corrected chi connectivity index (χ4v) is 2.04. The molecule has 0 fully saturated rings. The van der Waals surface area contributed by atoms with E-state index in [0.29, 0.717) is 0 Å². The minimum atomic E-state index is 0.269. The third-order valence-electron chi connectivity index (χ3n) is 3.04. The van der Waals surface area contributed by atoms with Crippen LogP contribution in [0.1, 0.15) is 37.8 Å². The third kappa shape index (κ3) is 6.08. The van der Waals surface area contributed by atoms with E-state index in [1.165, 1.54) is 11.1 Å². The van der Waals surface area contributed by atoms with Crippen LogP contribution >= 0.6 is 0 Å². The number of methoxy groups -OCH3 is 1. The van der Waals surface area contributed by atoms with Gasteiger partial charge in [0, 0.05) is 25.8 Å². The van der Waals surface area contributed by atoms with Crippen LogP contribution in [-0.2, 0) is 11.3 Å². The van der Waals surface area contributed by atoms with Crippen molar-refractivity contribution in [3.05, 3.63) is 29.3 Å². The van der Waals surface area contributed by atoms with Gasteiger partial charge < -0.3 is 14.8 Å². The van der Waals surface area contributed by atoms with Crippen molar-refractivity contribution in [3.63, 3.8) is 0 Å². The van der Waals surface area contributed by atoms with Gasteiger partial charge in [-0.15, -0.1) is 0 Å². The maximum Gasteiger partial charge on any atom is 0.124 e. The maximum absolute atomic E-state index is 6.03. The lowest BCUT2D eigenvalue weighted by Crippen LogP contribution is -2.20. The van der Waals surface area contributed by atoms with Crippen molar-refractivity contribution < 1.29 is 9.47 Å². The van der Waals surface area contributed by atoms with Crippen molar-refractivity contribution in [3.8, 4) is 5.75 Å². The van der Waals surface area contributed by atoms with Gasteiger partial charge in [0.2, 0.25) is 0 Å². The van der Waals surface area contributed by atoms with E-state index < -0.39 is 0 Å². The molecule has 0 saturated heterocycles. The summed E-state index contributed by atoms with van der Waals surface area (Å²) in [5.74, 6) is 0.997. The first-order valence-corrected chi connectivity index (χ1v) is 7.13. The molecular weight excluding hydrogens is 238 g/mol. The molecule has 108 valence electrons. The molecule has 0 saturated carbocycles. The van der Waals surface area contributed by atoms with Crippen molar-refractivity contribution >= 4 is 0 Å². The molecule has 0 aromatic heterocycles. The fraction of sp³-hybridized carbons (Fsp3) is 0.625. The van der Waals surface area contributed by atoms with Gasteiger partial charge in [-0.2, -0.15) is 0 Å². The number of nitrogens with one attached hydrogen (secondary N) is 1. The van der Waals surface area contributed by atoms with E-state index in [9.17, 15) is 0 Å². The van der Waals surface area contributed by atoms with Crippen LogP contribution in [0, 0.1) is 6.92 Å². The highest BCUT2D eigenvalue weighted by atomic mass is 16.5. The molecule has 0 aliphatic carbocycles. The zero-order valence-corrected chi connectivity index (χ0v) is 12.7. The van der Waals surface area contributed by atoms with Crippen LogP contribution in [0.5, 0.6) is 5.75 Å². The summed E-state index contributed by atoms with van der Waals surface area (Å²) in [5.41, 5.74) is 2.48. The Morgan fingerprint density at radius 1 is 1.32 bits per heavy atom. The second kappa shape index (κ2) is 8.94. The van der Waals surface area contributed by atoms with Crippen molar-refractivity contribution in [2.24, 2.45) is 0 Å². The van der Waals surface area contributed by atoms with E-state index in [4.69, 9.17) is 9.47 Å². The number of benzene rings is 1. The van der Waals surface area contributed by atoms with Crippen LogP contribution in [0.4, 0.5) is 0 Å². The predicted molar refractivity (Wildman–Crippen MR) is 79.8 cm³/mol. The number of hydrogen-bond donors (Lipinski definition) is 1. The molecule has 19 heavy (non-hydrogen) atoms. The Hall–Kier alpha value is -1.06. The van der Waals surface area contributed by atoms with Gasteiger partial charge in [-0.05, 0) is 26.3 Å². The number of aryl methyl sites for hydroxylation is 1. The van der Waals surface area contributed by atoms with Gasteiger partial charge in [-0.25, -0.2) is 0 Å². The summed E-state index contributed by atoms with van der Waals surface area (Å²) >= 11 is 0. The Balaban J connectivity index is 2.62. The minimum Gasteiger partial charge on any atom is -0.490 e. The average Bonchev–Trinajstić information content (AvgIpc) is 2.38. The summed E-state index contributed by atoms with van der Waals surface area (Å²) in [5, 5.41) is 3.37. The molecule has 1 aromatic carbocycles. The van der Waals surface area contributed by atoms with E-state index in [2.05, 4.69) is 44.3 Å². The van der Waals surface area contributed by atoms with Gasteiger partial charge in [0.15, 0.2) is 0 Å². The highest BCUT2D eigenvalue weighted by Gasteiger charge is 2.08. The predicted octanol–water partition coefficient (Wildman–Crippen LogP) is 3.30. The van der Waals surface area contributed by atoms with Crippen LogP contribution in [-0.4, -0.2) is 26.4 Å². The first kappa shape index (κ1) is 16.0. The van der Waals surface area contributed by atoms with Crippen LogP contribution in [0.3, 0.4) is 0 Å². The first-order chi connectivity index (χ1) is 9.17. The van der Waals surface area contributed by atoms with E-state index in [-0.39, 0.29) is 6.10 Å². The Kier molecular flexibility index (Phi) is 7.53. The normalized spacial score (nSPS) is 12.4. The smallest absolute Gasteiger partial charge is 0.124 e. The quantitative estimate of drug-likeness (QED) is 0.695. The van der Waals surface area contributed by atoms with Gasteiger partial charge in [-0.3, -0.25) is 0 Å². The molecule has 0 heterocycles. The molecule has 1 aromatic rings. The number of ether oxygens (including phenoxy) is 2. The van der Waals surface area contributed by atoms with E-state index >= 15 is 0 Å². The van der Waals surface area contributed by atoms with Gasteiger partial charge in [0.25, 0.3) is 0 Å². The third-order valence-corrected chi connectivity index (χ3v) is 3.04. The molecular formula is C16H27NO2. The standard InChI is InChI=1S/C16H27NO2/c1-5-6-14(3)19-16-8-7-13(2)11-15(16)12-17-9-10-18-4/h7-8,11,14,17H,5-6,9-10,12H2,1-4H3. The summed E-state index contributed by atoms with van der Waals surface area (Å²) in [4.78, 5) is 0. The van der Waals surface area contributed by atoms with Crippen LogP contribution in [0.25, 0.3) is 0 Å². The summed E-state index contributed by atoms with van der Waals surface area (Å²) in [6, 6.07) is 6.37. The van der Waals surface area contributed by atoms with Crippen LogP contribution < -0.4 is 10.1 Å². The van der Waals surface area contributed by atoms with Gasteiger partial charge >= 0.3 is 0 Å². The van der Waals surface area contributed by atoms with Crippen molar-refractivity contribution in [1.29, 1.82) is 0 Å². The highest BCUT2D eigenvalue weighted by Crippen LogP contribution is 2.22. The van der Waals surface area contributed by atoms with Crippen LogP contribution in [0.15, 0.2) is 18.2 Å². The molecule has 1 atom stereocenters. The van der Waals surface area contributed by atoms with Crippen molar-refractivity contribution in [1.82, 2.24) is 5.32 Å². The largest absolute Gasteiger partial charge is 0.490 e. The first-order valence-electron chi connectivity index (χ1n) is 7.13. The molecule has 3 nitrogen and oxygen atoms in total. The zero-order chi connectivity index (χ0) is 14.1. The highest BCUT2D eigenvalue weighted by molar-refractivity contribution is 5.37. The number of rotatable bonds is 9.